The van der Waals surface area contributed by atoms with Gasteiger partial charge in [0.1, 0.15) is 5.52 Å². The normalized spacial score (nSPS) is 31.3. The summed E-state index contributed by atoms with van der Waals surface area (Å²) in [6.07, 6.45) is 8.19. The lowest BCUT2D eigenvalue weighted by molar-refractivity contribution is -0.129. The van der Waals surface area contributed by atoms with Crippen LogP contribution < -0.4 is 5.32 Å². The molecule has 162 valence electrons. The maximum absolute atomic E-state index is 12.2. The van der Waals surface area contributed by atoms with Gasteiger partial charge in [0.15, 0.2) is 5.65 Å². The molecule has 0 aliphatic heterocycles. The molecular weight excluding hydrogens is 398 g/mol. The fraction of sp³-hybridized carbons (Fsp3) is 0.571. The first-order valence-corrected chi connectivity index (χ1v) is 10.8. The molecule has 2 unspecified atom stereocenters. The number of amides is 1. The average Bonchev–Trinajstić information content (AvgIpc) is 3.38. The Kier molecular flexibility index (Phi) is 3.92. The van der Waals surface area contributed by atoms with E-state index in [0.29, 0.717) is 34.5 Å². The molecule has 4 aliphatic carbocycles. The second-order valence-electron chi connectivity index (χ2n) is 9.63. The van der Waals surface area contributed by atoms with Gasteiger partial charge in [-0.05, 0) is 49.9 Å². The first-order valence-electron chi connectivity index (χ1n) is 10.8. The van der Waals surface area contributed by atoms with Gasteiger partial charge >= 0.3 is 0 Å². The van der Waals surface area contributed by atoms with Gasteiger partial charge < -0.3 is 24.8 Å². The average molecular weight is 423 g/mol. The fourth-order valence-electron chi connectivity index (χ4n) is 6.20. The third-order valence-electron chi connectivity index (χ3n) is 7.25. The zero-order chi connectivity index (χ0) is 21.3. The van der Waals surface area contributed by atoms with E-state index >= 15 is 0 Å². The molecule has 7 rings (SSSR count). The smallest absolute Gasteiger partial charge is 0.294 e. The van der Waals surface area contributed by atoms with Gasteiger partial charge in [0.05, 0.1) is 23.2 Å². The number of pyridine rings is 1. The SMILES string of the molecule is CN(C)C(=O)c1noc(-c2cnc3[nH]cnc3c2N[C@H]2C3CC4CC2C[C@@](O)(C4)C3)n1. The second kappa shape index (κ2) is 6.49. The predicted molar refractivity (Wildman–Crippen MR) is 111 cm³/mol. The first kappa shape index (κ1) is 18.7. The summed E-state index contributed by atoms with van der Waals surface area (Å²) < 4.78 is 5.44. The van der Waals surface area contributed by atoms with E-state index < -0.39 is 5.60 Å². The Morgan fingerprint density at radius 2 is 2.03 bits per heavy atom. The van der Waals surface area contributed by atoms with Gasteiger partial charge in [0.2, 0.25) is 0 Å². The number of rotatable bonds is 4. The van der Waals surface area contributed by atoms with Crippen LogP contribution in [0.3, 0.4) is 0 Å². The van der Waals surface area contributed by atoms with Crippen LogP contribution in [-0.4, -0.2) is 66.7 Å². The summed E-state index contributed by atoms with van der Waals surface area (Å²) >= 11 is 0. The number of anilines is 1. The molecule has 3 heterocycles. The molecule has 4 fully saturated rings. The van der Waals surface area contributed by atoms with Gasteiger partial charge in [-0.3, -0.25) is 4.79 Å². The third kappa shape index (κ3) is 2.92. The van der Waals surface area contributed by atoms with Gasteiger partial charge in [-0.2, -0.15) is 4.98 Å². The largest absolute Gasteiger partial charge is 0.390 e. The van der Waals surface area contributed by atoms with Gasteiger partial charge in [-0.15, -0.1) is 0 Å². The Morgan fingerprint density at radius 3 is 2.74 bits per heavy atom. The maximum Gasteiger partial charge on any atom is 0.294 e. The minimum atomic E-state index is -0.495. The minimum Gasteiger partial charge on any atom is -0.390 e. The van der Waals surface area contributed by atoms with Crippen LogP contribution in [0.25, 0.3) is 22.6 Å². The number of aromatic amines is 1. The summed E-state index contributed by atoms with van der Waals surface area (Å²) in [6, 6.07) is 0.240. The van der Waals surface area contributed by atoms with Crippen LogP contribution in [-0.2, 0) is 0 Å². The van der Waals surface area contributed by atoms with Crippen LogP contribution in [0.4, 0.5) is 5.69 Å². The third-order valence-corrected chi connectivity index (χ3v) is 7.25. The molecule has 1 amide bonds. The Hall–Kier alpha value is -3.01. The fourth-order valence-corrected chi connectivity index (χ4v) is 6.20. The molecule has 0 aromatic carbocycles. The lowest BCUT2D eigenvalue weighted by atomic mass is 9.52. The number of carbonyl (C=O) groups excluding carboxylic acids is 1. The quantitative estimate of drug-likeness (QED) is 0.581. The molecule has 31 heavy (non-hydrogen) atoms. The molecule has 0 spiro atoms. The molecule has 3 N–H and O–H groups in total. The number of imidazole rings is 1. The van der Waals surface area contributed by atoms with E-state index in [0.717, 1.165) is 37.8 Å². The van der Waals surface area contributed by atoms with Crippen LogP contribution in [0, 0.1) is 17.8 Å². The Bertz CT molecular complexity index is 1150. The van der Waals surface area contributed by atoms with Crippen molar-refractivity contribution in [1.29, 1.82) is 0 Å². The van der Waals surface area contributed by atoms with Crippen molar-refractivity contribution in [1.82, 2.24) is 30.0 Å². The zero-order valence-corrected chi connectivity index (χ0v) is 17.5. The Morgan fingerprint density at radius 1 is 1.26 bits per heavy atom. The van der Waals surface area contributed by atoms with Gasteiger partial charge in [0.25, 0.3) is 17.6 Å². The van der Waals surface area contributed by atoms with Crippen LogP contribution >= 0.6 is 0 Å². The molecule has 4 aliphatic rings. The van der Waals surface area contributed by atoms with E-state index in [2.05, 4.69) is 30.4 Å². The van der Waals surface area contributed by atoms with Crippen LogP contribution in [0.1, 0.15) is 42.7 Å². The second-order valence-corrected chi connectivity index (χ2v) is 9.63. The van der Waals surface area contributed by atoms with Gasteiger partial charge in [-0.25, -0.2) is 9.97 Å². The summed E-state index contributed by atoms with van der Waals surface area (Å²) in [6.45, 7) is 0. The van der Waals surface area contributed by atoms with Crippen molar-refractivity contribution >= 4 is 22.8 Å². The summed E-state index contributed by atoms with van der Waals surface area (Å²) in [5.74, 6) is 1.36. The van der Waals surface area contributed by atoms with E-state index in [1.54, 1.807) is 26.6 Å². The van der Waals surface area contributed by atoms with Crippen molar-refractivity contribution < 1.29 is 14.4 Å². The van der Waals surface area contributed by atoms with Crippen molar-refractivity contribution in [2.24, 2.45) is 17.8 Å². The highest BCUT2D eigenvalue weighted by Gasteiger charge is 2.54. The minimum absolute atomic E-state index is 0.00456. The topological polar surface area (TPSA) is 133 Å². The molecule has 0 saturated heterocycles. The van der Waals surface area contributed by atoms with Crippen molar-refractivity contribution in [3.63, 3.8) is 0 Å². The number of aromatic nitrogens is 5. The molecular formula is C21H25N7O3. The van der Waals surface area contributed by atoms with Gasteiger partial charge in [-0.1, -0.05) is 5.16 Å². The molecule has 0 radical (unpaired) electrons. The number of carbonyl (C=O) groups is 1. The summed E-state index contributed by atoms with van der Waals surface area (Å²) in [5, 5.41) is 18.5. The highest BCUT2D eigenvalue weighted by atomic mass is 16.5. The maximum atomic E-state index is 12.2. The highest BCUT2D eigenvalue weighted by Crippen LogP contribution is 2.56. The van der Waals surface area contributed by atoms with E-state index in [-0.39, 0.29) is 23.7 Å². The number of hydrogen-bond acceptors (Lipinski definition) is 8. The zero-order valence-electron chi connectivity index (χ0n) is 17.5. The highest BCUT2D eigenvalue weighted by molar-refractivity contribution is 5.95. The number of hydrogen-bond donors (Lipinski definition) is 3. The Balaban J connectivity index is 1.39. The first-order chi connectivity index (χ1) is 14.9. The van der Waals surface area contributed by atoms with E-state index in [1.807, 2.05) is 0 Å². The molecule has 10 heteroatoms. The van der Waals surface area contributed by atoms with E-state index in [1.165, 1.54) is 4.90 Å². The summed E-state index contributed by atoms with van der Waals surface area (Å²) in [7, 11) is 3.28. The summed E-state index contributed by atoms with van der Waals surface area (Å²) in [4.78, 5) is 29.9. The monoisotopic (exact) mass is 423 g/mol. The van der Waals surface area contributed by atoms with Crippen molar-refractivity contribution in [2.45, 2.75) is 43.7 Å². The van der Waals surface area contributed by atoms with Crippen molar-refractivity contribution in [3.05, 3.63) is 18.3 Å². The number of nitrogens with one attached hydrogen (secondary N) is 2. The van der Waals surface area contributed by atoms with Crippen LogP contribution in [0.2, 0.25) is 0 Å². The standard InChI is InChI=1S/C21H25N7O3/c1-28(2)20(29)18-26-19(31-27-18)13-8-22-17-16(23-9-24-17)15(13)25-14-11-3-10-4-12(14)7-21(30,5-10)6-11/h8-12,14,30H,3-7H2,1-2H3,(H2,22,23,24,25)/t10?,11?,12?,14-,21+. The van der Waals surface area contributed by atoms with Gasteiger partial charge in [0, 0.05) is 26.3 Å². The van der Waals surface area contributed by atoms with Crippen LogP contribution in [0.15, 0.2) is 17.0 Å². The molecule has 4 bridgehead atoms. The molecule has 10 nitrogen and oxygen atoms in total. The lowest BCUT2D eigenvalue weighted by Gasteiger charge is -2.58. The lowest BCUT2D eigenvalue weighted by Crippen LogP contribution is -2.59. The van der Waals surface area contributed by atoms with Crippen LogP contribution in [0.5, 0.6) is 0 Å². The summed E-state index contributed by atoms with van der Waals surface area (Å²) in [5.41, 5.74) is 2.27. The Labute approximate surface area is 178 Å². The van der Waals surface area contributed by atoms with Crippen molar-refractivity contribution in [2.75, 3.05) is 19.4 Å². The number of fused-ring (bicyclic) bond motifs is 1. The van der Waals surface area contributed by atoms with E-state index in [9.17, 15) is 9.90 Å². The number of aliphatic hydroxyl groups is 1. The van der Waals surface area contributed by atoms with E-state index in [4.69, 9.17) is 4.52 Å². The molecule has 4 saturated carbocycles. The predicted octanol–water partition coefficient (Wildman–Crippen LogP) is 2.06. The molecule has 3 aromatic rings. The molecule has 2 atom stereocenters. The van der Waals surface area contributed by atoms with Crippen molar-refractivity contribution in [3.8, 4) is 11.5 Å². The molecule has 3 aromatic heterocycles. The number of H-pyrrole nitrogens is 1. The number of nitrogens with zero attached hydrogens (tertiary/aromatic N) is 5.